The van der Waals surface area contributed by atoms with Crippen molar-refractivity contribution in [1.29, 1.82) is 0 Å². The lowest BCUT2D eigenvalue weighted by atomic mass is 10.0. The van der Waals surface area contributed by atoms with E-state index in [4.69, 9.17) is 14.2 Å². The van der Waals surface area contributed by atoms with E-state index in [1.165, 1.54) is 154 Å². The molecule has 0 aliphatic rings. The highest BCUT2D eigenvalue weighted by molar-refractivity contribution is 5.71. The first-order valence-corrected chi connectivity index (χ1v) is 28.8. The minimum absolute atomic E-state index is 0.0807. The third-order valence-electron chi connectivity index (χ3n) is 12.5. The summed E-state index contributed by atoms with van der Waals surface area (Å²) in [6.45, 7) is 6.53. The van der Waals surface area contributed by atoms with E-state index in [-0.39, 0.29) is 31.1 Å². The number of esters is 3. The number of carbonyl (C=O) groups excluding carboxylic acids is 3. The molecule has 0 aliphatic heterocycles. The summed E-state index contributed by atoms with van der Waals surface area (Å²) in [5.74, 6) is -0.899. The Labute approximate surface area is 415 Å². The van der Waals surface area contributed by atoms with E-state index in [1.54, 1.807) is 0 Å². The van der Waals surface area contributed by atoms with Crippen LogP contribution < -0.4 is 0 Å². The molecule has 0 fully saturated rings. The summed E-state index contributed by atoms with van der Waals surface area (Å²) in [5, 5.41) is 0. The zero-order valence-electron chi connectivity index (χ0n) is 44.4. The maximum atomic E-state index is 12.9. The molecule has 0 saturated heterocycles. The molecule has 0 bridgehead atoms. The largest absolute Gasteiger partial charge is 0.462 e. The summed E-state index contributed by atoms with van der Waals surface area (Å²) in [4.78, 5) is 38.1. The number of hydrogen-bond donors (Lipinski definition) is 0. The van der Waals surface area contributed by atoms with Crippen LogP contribution in [-0.4, -0.2) is 37.2 Å². The van der Waals surface area contributed by atoms with Gasteiger partial charge in [0.25, 0.3) is 0 Å². The van der Waals surface area contributed by atoms with Crippen LogP contribution in [-0.2, 0) is 28.6 Å². The van der Waals surface area contributed by atoms with Gasteiger partial charge in [0.2, 0.25) is 0 Å². The van der Waals surface area contributed by atoms with Crippen molar-refractivity contribution in [2.75, 3.05) is 13.2 Å². The summed E-state index contributed by atoms with van der Waals surface area (Å²) in [5.41, 5.74) is 0. The number of carbonyl (C=O) groups is 3. The Bertz CT molecular complexity index is 1210. The molecule has 67 heavy (non-hydrogen) atoms. The number of ether oxygens (including phenoxy) is 3. The maximum Gasteiger partial charge on any atom is 0.306 e. The second kappa shape index (κ2) is 55.7. The summed E-state index contributed by atoms with van der Waals surface area (Å²) in [6, 6.07) is 0. The van der Waals surface area contributed by atoms with Crippen LogP contribution in [0.2, 0.25) is 0 Å². The molecule has 0 aromatic carbocycles. The Morgan fingerprint density at radius 3 is 0.910 bits per heavy atom. The van der Waals surface area contributed by atoms with Gasteiger partial charge in [-0.3, -0.25) is 14.4 Å². The molecule has 0 spiro atoms. The fraction of sp³-hybridized carbons (Fsp3) is 0.787. The summed E-state index contributed by atoms with van der Waals surface area (Å²) < 4.78 is 16.9. The lowest BCUT2D eigenvalue weighted by Gasteiger charge is -2.18. The van der Waals surface area contributed by atoms with Gasteiger partial charge in [0.15, 0.2) is 6.10 Å². The van der Waals surface area contributed by atoms with Crippen molar-refractivity contribution in [3.8, 4) is 0 Å². The number of rotatable bonds is 52. The van der Waals surface area contributed by atoms with E-state index in [9.17, 15) is 14.4 Å². The van der Waals surface area contributed by atoms with Crippen LogP contribution in [0.5, 0.6) is 0 Å². The smallest absolute Gasteiger partial charge is 0.306 e. The molecule has 6 heteroatoms. The van der Waals surface area contributed by atoms with Gasteiger partial charge >= 0.3 is 17.9 Å². The van der Waals surface area contributed by atoms with Crippen LogP contribution in [0.3, 0.4) is 0 Å². The van der Waals surface area contributed by atoms with Crippen molar-refractivity contribution in [2.45, 2.75) is 297 Å². The maximum absolute atomic E-state index is 12.9. The number of unbranched alkanes of at least 4 members (excludes halogenated alkanes) is 31. The van der Waals surface area contributed by atoms with Crippen LogP contribution in [0.15, 0.2) is 60.8 Å². The molecule has 1 atom stereocenters. The van der Waals surface area contributed by atoms with E-state index < -0.39 is 6.10 Å². The van der Waals surface area contributed by atoms with E-state index in [0.717, 1.165) is 96.3 Å². The number of hydrogen-bond acceptors (Lipinski definition) is 6. The van der Waals surface area contributed by atoms with Crippen LogP contribution in [0.4, 0.5) is 0 Å². The van der Waals surface area contributed by atoms with Crippen LogP contribution in [0, 0.1) is 0 Å². The number of allylic oxidation sites excluding steroid dienone is 10. The normalized spacial score (nSPS) is 12.5. The van der Waals surface area contributed by atoms with Gasteiger partial charge in [0.05, 0.1) is 0 Å². The summed E-state index contributed by atoms with van der Waals surface area (Å²) in [6.07, 6.45) is 69.2. The Kier molecular flexibility index (Phi) is 53.3. The average Bonchev–Trinajstić information content (AvgIpc) is 3.33. The van der Waals surface area contributed by atoms with E-state index >= 15 is 0 Å². The monoisotopic (exact) mass is 937 g/mol. The molecule has 0 aromatic heterocycles. The van der Waals surface area contributed by atoms with Gasteiger partial charge in [0.1, 0.15) is 13.2 Å². The van der Waals surface area contributed by atoms with Gasteiger partial charge in [-0.2, -0.15) is 0 Å². The van der Waals surface area contributed by atoms with E-state index in [2.05, 4.69) is 81.5 Å². The Morgan fingerprint density at radius 1 is 0.313 bits per heavy atom. The van der Waals surface area contributed by atoms with E-state index in [1.807, 2.05) is 0 Å². The molecule has 0 heterocycles. The summed E-state index contributed by atoms with van der Waals surface area (Å²) >= 11 is 0. The van der Waals surface area contributed by atoms with Crippen molar-refractivity contribution in [3.63, 3.8) is 0 Å². The highest BCUT2D eigenvalue weighted by Gasteiger charge is 2.19. The zero-order chi connectivity index (χ0) is 48.6. The highest BCUT2D eigenvalue weighted by Crippen LogP contribution is 2.16. The van der Waals surface area contributed by atoms with Crippen molar-refractivity contribution in [3.05, 3.63) is 60.8 Å². The second-order valence-electron chi connectivity index (χ2n) is 19.2. The third-order valence-corrected chi connectivity index (χ3v) is 12.5. The molecular weight excluding hydrogens is 829 g/mol. The first kappa shape index (κ1) is 64.1. The predicted octanol–water partition coefficient (Wildman–Crippen LogP) is 19.2. The molecule has 0 saturated carbocycles. The molecule has 0 unspecified atom stereocenters. The first-order valence-electron chi connectivity index (χ1n) is 28.8. The molecule has 0 aromatic rings. The highest BCUT2D eigenvalue weighted by atomic mass is 16.6. The Balaban J connectivity index is 4.41. The molecular formula is C61H108O6. The molecule has 0 amide bonds. The van der Waals surface area contributed by atoms with Crippen molar-refractivity contribution < 1.29 is 28.6 Å². The molecule has 0 N–H and O–H groups in total. The van der Waals surface area contributed by atoms with Crippen molar-refractivity contribution in [2.24, 2.45) is 0 Å². The molecule has 0 rings (SSSR count). The predicted molar refractivity (Wildman–Crippen MR) is 288 cm³/mol. The van der Waals surface area contributed by atoms with Gasteiger partial charge in [0, 0.05) is 19.3 Å². The van der Waals surface area contributed by atoms with Gasteiger partial charge in [-0.1, -0.05) is 268 Å². The lowest BCUT2D eigenvalue weighted by molar-refractivity contribution is -0.167. The Morgan fingerprint density at radius 2 is 0.582 bits per heavy atom. The van der Waals surface area contributed by atoms with Crippen LogP contribution in [0.1, 0.15) is 290 Å². The second-order valence-corrected chi connectivity index (χ2v) is 19.2. The fourth-order valence-electron chi connectivity index (χ4n) is 8.24. The van der Waals surface area contributed by atoms with Crippen molar-refractivity contribution >= 4 is 17.9 Å². The van der Waals surface area contributed by atoms with E-state index in [0.29, 0.717) is 19.3 Å². The SMILES string of the molecule is CC/C=C\C/C=C\C/C=C\C/C=C\C/C=C\CCCCCC(=O)OC[C@@H](COC(=O)CCCCCCCCCCCCCCCC)OC(=O)CCCCCCCCCCCCCCCCCC. The topological polar surface area (TPSA) is 78.9 Å². The molecule has 388 valence electrons. The molecule has 0 aliphatic carbocycles. The summed E-state index contributed by atoms with van der Waals surface area (Å²) in [7, 11) is 0. The minimum atomic E-state index is -0.784. The minimum Gasteiger partial charge on any atom is -0.462 e. The lowest BCUT2D eigenvalue weighted by Crippen LogP contribution is -2.30. The van der Waals surface area contributed by atoms with Gasteiger partial charge in [-0.25, -0.2) is 0 Å². The Hall–Kier alpha value is -2.89. The van der Waals surface area contributed by atoms with Crippen molar-refractivity contribution in [1.82, 2.24) is 0 Å². The first-order chi connectivity index (χ1) is 33.0. The molecule has 0 radical (unpaired) electrons. The van der Waals surface area contributed by atoms with Crippen LogP contribution in [0.25, 0.3) is 0 Å². The van der Waals surface area contributed by atoms with Gasteiger partial charge < -0.3 is 14.2 Å². The molecule has 6 nitrogen and oxygen atoms in total. The van der Waals surface area contributed by atoms with Gasteiger partial charge in [-0.15, -0.1) is 0 Å². The quantitative estimate of drug-likeness (QED) is 0.0262. The van der Waals surface area contributed by atoms with Gasteiger partial charge in [-0.05, 0) is 64.2 Å². The average molecular weight is 938 g/mol. The third kappa shape index (κ3) is 53.9. The standard InChI is InChI=1S/C61H108O6/c1-4-7-10-13-16-19-22-25-28-30-31-32-34-36-39-42-45-48-51-54-60(63)66-57-58(56-65-59(62)53-50-47-44-41-38-35-27-24-21-18-15-12-9-6-3)67-61(64)55-52-49-46-43-40-37-33-29-26-23-20-17-14-11-8-5-2/h7,10,16,19,25,28,31-32,36,39,58H,4-6,8-9,11-15,17-18,20-24,26-27,29-30,33-35,37-38,40-57H2,1-3H3/b10-7-,19-16-,28-25-,32-31-,39-36-/t58-/m1/s1. The fourth-order valence-corrected chi connectivity index (χ4v) is 8.24. The zero-order valence-corrected chi connectivity index (χ0v) is 44.4. The van der Waals surface area contributed by atoms with Crippen LogP contribution >= 0.6 is 0 Å².